The monoisotopic (exact) mass is 518 g/mol. The average Bonchev–Trinajstić information content (AvgIpc) is 3.10. The van der Waals surface area contributed by atoms with Crippen molar-refractivity contribution < 1.29 is 33.0 Å². The third-order valence-electron chi connectivity index (χ3n) is 4.28. The SMILES string of the molecule is N=c1scc(-c2ccc(C(=O)O)cc2)n1Cc1ccc(CP(=O)(OF)OF)c(Br)c1. The number of benzene rings is 2. The predicted molar refractivity (Wildman–Crippen MR) is 109 cm³/mol. The van der Waals surface area contributed by atoms with Crippen molar-refractivity contribution in [2.24, 2.45) is 0 Å². The van der Waals surface area contributed by atoms with Crippen LogP contribution in [-0.2, 0) is 26.7 Å². The summed E-state index contributed by atoms with van der Waals surface area (Å²) in [6.07, 6.45) is -0.600. The molecule has 0 amide bonds. The molecule has 3 aromatic rings. The van der Waals surface area contributed by atoms with Crippen LogP contribution in [0.25, 0.3) is 11.3 Å². The molecule has 2 N–H and O–H groups in total. The Kier molecular flexibility index (Phi) is 6.99. The van der Waals surface area contributed by atoms with Gasteiger partial charge in [-0.2, -0.15) is 0 Å². The number of nitrogens with one attached hydrogen (secondary N) is 1. The quantitative estimate of drug-likeness (QED) is 0.372. The van der Waals surface area contributed by atoms with Crippen molar-refractivity contribution in [3.63, 3.8) is 0 Å². The Hall–Kier alpha value is -2.17. The van der Waals surface area contributed by atoms with Crippen LogP contribution in [0.5, 0.6) is 0 Å². The van der Waals surface area contributed by atoms with Crippen LogP contribution in [0.2, 0.25) is 0 Å². The molecule has 30 heavy (non-hydrogen) atoms. The second kappa shape index (κ2) is 9.32. The maximum atomic E-state index is 12.3. The molecule has 0 radical (unpaired) electrons. The molecule has 7 nitrogen and oxygen atoms in total. The molecule has 0 saturated heterocycles. The summed E-state index contributed by atoms with van der Waals surface area (Å²) in [5.74, 6) is -1.02. The van der Waals surface area contributed by atoms with E-state index in [-0.39, 0.29) is 10.4 Å². The summed E-state index contributed by atoms with van der Waals surface area (Å²) in [5, 5.41) is 19.0. The zero-order chi connectivity index (χ0) is 21.9. The fourth-order valence-electron chi connectivity index (χ4n) is 2.78. The Bertz CT molecular complexity index is 1170. The number of halogens is 3. The van der Waals surface area contributed by atoms with E-state index < -0.39 is 19.7 Å². The van der Waals surface area contributed by atoms with Gasteiger partial charge in [0.2, 0.25) is 0 Å². The normalized spacial score (nSPS) is 11.6. The summed E-state index contributed by atoms with van der Waals surface area (Å²) >= 11 is 4.50. The van der Waals surface area contributed by atoms with Gasteiger partial charge < -0.3 is 9.67 Å². The molecule has 0 unspecified atom stereocenters. The molecule has 0 spiro atoms. The molecule has 0 aliphatic heterocycles. The zero-order valence-electron chi connectivity index (χ0n) is 15.0. The van der Waals surface area contributed by atoms with Crippen molar-refractivity contribution in [3.8, 4) is 11.3 Å². The van der Waals surface area contributed by atoms with Crippen LogP contribution >= 0.6 is 34.9 Å². The first-order valence-electron chi connectivity index (χ1n) is 8.30. The summed E-state index contributed by atoms with van der Waals surface area (Å²) in [7, 11) is -4.51. The highest BCUT2D eigenvalue weighted by molar-refractivity contribution is 9.10. The van der Waals surface area contributed by atoms with Gasteiger partial charge in [-0.3, -0.25) is 9.97 Å². The molecule has 158 valence electrons. The Labute approximate surface area is 181 Å². The van der Waals surface area contributed by atoms with E-state index in [9.17, 15) is 18.4 Å². The van der Waals surface area contributed by atoms with E-state index in [1.165, 1.54) is 29.5 Å². The fourth-order valence-corrected chi connectivity index (χ4v) is 5.15. The highest BCUT2D eigenvalue weighted by Gasteiger charge is 2.29. The first-order chi connectivity index (χ1) is 14.3. The molecule has 1 heterocycles. The number of rotatable bonds is 8. The van der Waals surface area contributed by atoms with Gasteiger partial charge >= 0.3 is 13.6 Å². The molecular formula is C18H14BrF2N2O5PS. The van der Waals surface area contributed by atoms with E-state index in [0.29, 0.717) is 16.6 Å². The highest BCUT2D eigenvalue weighted by atomic mass is 79.9. The maximum Gasteiger partial charge on any atom is 0.399 e. The fraction of sp³-hybridized carbons (Fsp3) is 0.111. The molecule has 2 aromatic carbocycles. The number of hydrogen-bond donors (Lipinski definition) is 2. The number of nitrogens with zero attached hydrogens (tertiary/aromatic N) is 1. The zero-order valence-corrected chi connectivity index (χ0v) is 18.3. The molecule has 0 saturated carbocycles. The van der Waals surface area contributed by atoms with E-state index in [2.05, 4.69) is 25.4 Å². The first-order valence-corrected chi connectivity index (χ1v) is 11.7. The summed E-state index contributed by atoms with van der Waals surface area (Å²) in [5.41, 5.74) is 2.75. The van der Waals surface area contributed by atoms with Crippen molar-refractivity contribution in [1.29, 1.82) is 5.41 Å². The number of carboxylic acid groups (broad SMARTS) is 1. The van der Waals surface area contributed by atoms with Crippen LogP contribution in [0, 0.1) is 5.41 Å². The minimum absolute atomic E-state index is 0.165. The minimum Gasteiger partial charge on any atom is -0.478 e. The van der Waals surface area contributed by atoms with Gasteiger partial charge in [-0.1, -0.05) is 40.2 Å². The lowest BCUT2D eigenvalue weighted by molar-refractivity contribution is -0.0881. The number of aromatic carboxylic acids is 1. The lowest BCUT2D eigenvalue weighted by atomic mass is 10.1. The smallest absolute Gasteiger partial charge is 0.399 e. The van der Waals surface area contributed by atoms with Gasteiger partial charge in [-0.15, -0.1) is 20.8 Å². The second-order valence-electron chi connectivity index (χ2n) is 6.23. The summed E-state index contributed by atoms with van der Waals surface area (Å²) < 4.78 is 44.7. The highest BCUT2D eigenvalue weighted by Crippen LogP contribution is 2.53. The molecule has 1 aromatic heterocycles. The summed E-state index contributed by atoms with van der Waals surface area (Å²) in [6.45, 7) is 0.314. The number of carboxylic acids is 1. The van der Waals surface area contributed by atoms with Gasteiger partial charge in [-0.05, 0) is 43.9 Å². The van der Waals surface area contributed by atoms with Gasteiger partial charge in [0, 0.05) is 9.85 Å². The predicted octanol–water partition coefficient (Wildman–Crippen LogP) is 5.70. The van der Waals surface area contributed by atoms with Crippen molar-refractivity contribution >= 4 is 40.8 Å². The van der Waals surface area contributed by atoms with E-state index >= 15 is 0 Å². The molecule has 3 rings (SSSR count). The van der Waals surface area contributed by atoms with Crippen LogP contribution in [0.15, 0.2) is 52.3 Å². The Morgan fingerprint density at radius 3 is 2.43 bits per heavy atom. The molecular weight excluding hydrogens is 505 g/mol. The average molecular weight is 519 g/mol. The van der Waals surface area contributed by atoms with Gasteiger partial charge in [0.05, 0.1) is 24.0 Å². The first kappa shape index (κ1) is 22.5. The molecule has 0 fully saturated rings. The topological polar surface area (TPSA) is 102 Å². The number of carbonyl (C=O) groups is 1. The maximum absolute atomic E-state index is 12.3. The summed E-state index contributed by atoms with van der Waals surface area (Å²) in [4.78, 5) is 11.3. The van der Waals surface area contributed by atoms with Gasteiger partial charge in [-0.25, -0.2) is 4.79 Å². The standard InChI is InChI=1S/C18H14BrF2N2O5PS/c19-15-7-11(1-2-14(15)9-29(26,27-20)28-21)8-23-16(10-30-18(23)22)12-3-5-13(6-4-12)17(24)25/h1-7,10,22H,8-9H2,(H,24,25). The third kappa shape index (κ3) is 4.93. The van der Waals surface area contributed by atoms with Crippen molar-refractivity contribution in [3.05, 3.63) is 73.8 Å². The molecule has 0 aliphatic rings. The minimum atomic E-state index is -4.51. The molecule has 0 aliphatic carbocycles. The van der Waals surface area contributed by atoms with Crippen LogP contribution in [-0.4, -0.2) is 15.6 Å². The Balaban J connectivity index is 1.88. The van der Waals surface area contributed by atoms with Crippen LogP contribution in [0.1, 0.15) is 21.5 Å². The van der Waals surface area contributed by atoms with Crippen LogP contribution < -0.4 is 4.80 Å². The lowest BCUT2D eigenvalue weighted by Crippen LogP contribution is -2.15. The number of thiazole rings is 1. The Morgan fingerprint density at radius 1 is 1.20 bits per heavy atom. The third-order valence-corrected chi connectivity index (χ3v) is 6.95. The van der Waals surface area contributed by atoms with E-state index in [1.54, 1.807) is 34.2 Å². The van der Waals surface area contributed by atoms with Crippen LogP contribution in [0.4, 0.5) is 9.05 Å². The number of hydrogen-bond acceptors (Lipinski definition) is 6. The molecule has 0 bridgehead atoms. The van der Waals surface area contributed by atoms with Crippen molar-refractivity contribution in [1.82, 2.24) is 4.57 Å². The summed E-state index contributed by atoms with van der Waals surface area (Å²) in [6, 6.07) is 11.2. The second-order valence-corrected chi connectivity index (χ2v) is 9.75. The van der Waals surface area contributed by atoms with E-state index in [0.717, 1.165) is 16.8 Å². The number of aromatic nitrogens is 1. The molecule has 0 atom stereocenters. The van der Waals surface area contributed by atoms with Gasteiger partial charge in [0.25, 0.3) is 0 Å². The van der Waals surface area contributed by atoms with E-state index in [4.69, 9.17) is 10.5 Å². The molecule has 12 heteroatoms. The van der Waals surface area contributed by atoms with Gasteiger partial charge in [0.1, 0.15) is 0 Å². The Morgan fingerprint density at radius 2 is 1.87 bits per heavy atom. The van der Waals surface area contributed by atoms with Crippen molar-refractivity contribution in [2.75, 3.05) is 0 Å². The van der Waals surface area contributed by atoms with Crippen molar-refractivity contribution in [2.45, 2.75) is 12.7 Å². The largest absolute Gasteiger partial charge is 0.478 e. The van der Waals surface area contributed by atoms with E-state index in [1.807, 2.05) is 0 Å². The lowest BCUT2D eigenvalue weighted by Gasteiger charge is -2.12. The van der Waals surface area contributed by atoms with Gasteiger partial charge in [0.15, 0.2) is 4.80 Å². The van der Waals surface area contributed by atoms with Crippen LogP contribution in [0.3, 0.4) is 0 Å².